The largest absolute Gasteiger partial charge is 0.441 e. The maximum Gasteiger partial charge on any atom is 0.407 e. The van der Waals surface area contributed by atoms with E-state index in [0.717, 1.165) is 11.0 Å². The first kappa shape index (κ1) is 57.3. The van der Waals surface area contributed by atoms with E-state index in [1.807, 2.05) is 6.92 Å². The van der Waals surface area contributed by atoms with Gasteiger partial charge >= 0.3 is 12.1 Å². The minimum Gasteiger partial charge on any atom is -0.441 e. The lowest BCUT2D eigenvalue weighted by atomic mass is 9.44. The fourth-order valence-electron chi connectivity index (χ4n) is 12.5. The van der Waals surface area contributed by atoms with E-state index in [-0.39, 0.29) is 81.5 Å². The Balaban J connectivity index is 0.931. The highest BCUT2D eigenvalue weighted by Crippen LogP contribution is 2.72. The van der Waals surface area contributed by atoms with Gasteiger partial charge in [0.15, 0.2) is 29.9 Å². The smallest absolute Gasteiger partial charge is 0.407 e. The molecule has 4 aliphatic carbocycles. The van der Waals surface area contributed by atoms with Crippen LogP contribution in [0.4, 0.5) is 24.1 Å². The van der Waals surface area contributed by atoms with Gasteiger partial charge in [0.1, 0.15) is 18.3 Å². The second-order valence-electron chi connectivity index (χ2n) is 21.6. The number of urea groups is 1. The zero-order chi connectivity index (χ0) is 55.3. The van der Waals surface area contributed by atoms with Crippen LogP contribution < -0.4 is 32.3 Å². The molecular formula is C54H71F2N7O13. The Morgan fingerprint density at radius 2 is 1.63 bits per heavy atom. The number of halogens is 2. The maximum atomic E-state index is 17.9. The van der Waals surface area contributed by atoms with Crippen LogP contribution in [0.15, 0.2) is 60.2 Å². The molecule has 0 radical (unpaired) electrons. The van der Waals surface area contributed by atoms with Crippen molar-refractivity contribution in [2.75, 3.05) is 25.0 Å². The molecule has 414 valence electrons. The Bertz CT molecular complexity index is 2520. The van der Waals surface area contributed by atoms with Crippen molar-refractivity contribution in [3.8, 4) is 0 Å². The third-order valence-electron chi connectivity index (χ3n) is 16.4. The zero-order valence-corrected chi connectivity index (χ0v) is 43.6. The number of amides is 8. The number of anilines is 1. The van der Waals surface area contributed by atoms with Crippen LogP contribution >= 0.6 is 0 Å². The topological polar surface area (TPSA) is 291 Å². The summed E-state index contributed by atoms with van der Waals surface area (Å²) in [6.07, 6.45) is 2.61. The SMILES string of the molecule is CCCC1O[C@@H]2CC3[C@@H]4C[C@H](F)C5=CC(=O)C=C[C@]5(C)[C@@]4(F)[C@@H](O)C[C@]3(C)[C@]2(C(=O)COC(=O)NCc2ccc(NC(=O)[C@H](CCCNC(N)=O)NC(=O)[C@@H](NC(=O)CCCCCN3C(=O)C=CC3=O)C(C)C)cc2)O1. The van der Waals surface area contributed by atoms with Gasteiger partial charge in [0.05, 0.1) is 12.2 Å². The molecule has 0 bridgehead atoms. The van der Waals surface area contributed by atoms with Crippen LogP contribution in [0, 0.1) is 28.6 Å². The molecule has 1 aromatic rings. The van der Waals surface area contributed by atoms with Gasteiger partial charge in [0.2, 0.25) is 23.5 Å². The standard InChI is InChI=1S/C54H71F2N7O13/c1-6-11-45-75-41-26-34-35-25-37(55)36-24-33(64)20-21-51(36,4)53(35,56)39(65)27-52(34,5)54(41,76-45)40(66)29-74-50(73)59-28-31-14-16-32(17-15-31)60-47(70)38(12-10-22-58-49(57)72)61-48(71)46(30(2)3)62-42(67)13-8-7-9-23-63-43(68)18-19-44(63)69/h14-21,24,30,34-35,37-39,41,45-46,65H,6-13,22-23,25-29H2,1-5H3,(H,59,73)(H,60,70)(H,61,71)(H,62,67)(H3,57,58,72)/t34?,35-,37-,38-,39-,41+,45?,46-,51-,52-,53-,54+/m0/s1. The van der Waals surface area contributed by atoms with E-state index in [0.29, 0.717) is 43.4 Å². The van der Waals surface area contributed by atoms with Crippen LogP contribution in [0.1, 0.15) is 111 Å². The van der Waals surface area contributed by atoms with Crippen molar-refractivity contribution < 1.29 is 71.2 Å². The van der Waals surface area contributed by atoms with Crippen molar-refractivity contribution >= 4 is 58.9 Å². The summed E-state index contributed by atoms with van der Waals surface area (Å²) in [5, 5.41) is 25.2. The van der Waals surface area contributed by atoms with Crippen LogP contribution in [0.2, 0.25) is 0 Å². The molecule has 1 aromatic carbocycles. The van der Waals surface area contributed by atoms with Gasteiger partial charge in [-0.2, -0.15) is 0 Å². The molecule has 2 heterocycles. The minimum absolute atomic E-state index is 0.0187. The molecule has 2 aliphatic heterocycles. The van der Waals surface area contributed by atoms with E-state index in [9.17, 15) is 48.3 Å². The molecule has 3 saturated carbocycles. The lowest BCUT2D eigenvalue weighted by Gasteiger charge is -2.63. The van der Waals surface area contributed by atoms with E-state index >= 15 is 8.78 Å². The average molecular weight is 1060 g/mol. The summed E-state index contributed by atoms with van der Waals surface area (Å²) in [4.78, 5) is 116. The highest BCUT2D eigenvalue weighted by Gasteiger charge is 2.80. The molecule has 6 aliphatic rings. The number of aliphatic hydroxyl groups excluding tert-OH is 1. The predicted molar refractivity (Wildman–Crippen MR) is 270 cm³/mol. The van der Waals surface area contributed by atoms with Crippen molar-refractivity contribution in [1.82, 2.24) is 26.2 Å². The summed E-state index contributed by atoms with van der Waals surface area (Å²) in [6.45, 7) is 8.15. The normalized spacial score (nSPS) is 30.8. The van der Waals surface area contributed by atoms with Gasteiger partial charge in [-0.25, -0.2) is 18.4 Å². The number of hydrogen-bond acceptors (Lipinski definition) is 13. The second kappa shape index (κ2) is 23.5. The van der Waals surface area contributed by atoms with Crippen LogP contribution in [-0.2, 0) is 54.3 Å². The van der Waals surface area contributed by atoms with E-state index in [4.69, 9.17) is 19.9 Å². The lowest BCUT2D eigenvalue weighted by Crippen LogP contribution is -2.71. The first-order valence-electron chi connectivity index (χ1n) is 26.3. The third kappa shape index (κ3) is 11.3. The van der Waals surface area contributed by atoms with Crippen molar-refractivity contribution in [3.63, 3.8) is 0 Å². The van der Waals surface area contributed by atoms with Gasteiger partial charge < -0.3 is 51.6 Å². The minimum atomic E-state index is -2.38. The molecular weight excluding hydrogens is 993 g/mol. The fourth-order valence-corrected chi connectivity index (χ4v) is 12.5. The summed E-state index contributed by atoms with van der Waals surface area (Å²) in [5.74, 6) is -5.60. The average Bonchev–Trinajstić information content (AvgIpc) is 4.19. The number of ether oxygens (including phenoxy) is 3. The molecule has 76 heavy (non-hydrogen) atoms. The summed E-state index contributed by atoms with van der Waals surface area (Å²) in [6, 6.07) is 3.50. The summed E-state index contributed by atoms with van der Waals surface area (Å²) < 4.78 is 52.3. The molecule has 7 rings (SSSR count). The number of nitrogens with zero attached hydrogens (tertiary/aromatic N) is 1. The number of carbonyl (C=O) groups excluding carboxylic acids is 9. The molecule has 8 amide bonds. The number of fused-ring (bicyclic) bond motifs is 7. The second-order valence-corrected chi connectivity index (χ2v) is 21.6. The Morgan fingerprint density at radius 3 is 2.30 bits per heavy atom. The number of imide groups is 1. The highest BCUT2D eigenvalue weighted by atomic mass is 19.1. The Morgan fingerprint density at radius 1 is 0.921 bits per heavy atom. The van der Waals surface area contributed by atoms with E-state index in [1.165, 1.54) is 31.2 Å². The molecule has 4 fully saturated rings. The maximum absolute atomic E-state index is 17.9. The summed E-state index contributed by atoms with van der Waals surface area (Å²) in [5.41, 5.74) is -0.953. The number of nitrogens with two attached hydrogens (primary N) is 1. The fraction of sp³-hybridized carbons (Fsp3) is 0.611. The summed E-state index contributed by atoms with van der Waals surface area (Å²) in [7, 11) is 0. The van der Waals surface area contributed by atoms with Crippen molar-refractivity contribution in [2.24, 2.45) is 34.3 Å². The first-order valence-corrected chi connectivity index (χ1v) is 26.3. The molecule has 0 aromatic heterocycles. The highest BCUT2D eigenvalue weighted by molar-refractivity contribution is 6.12. The molecule has 2 unspecified atom stereocenters. The molecule has 22 heteroatoms. The van der Waals surface area contributed by atoms with Gasteiger partial charge in [0.25, 0.3) is 11.8 Å². The molecule has 20 nitrogen and oxygen atoms in total. The van der Waals surface area contributed by atoms with Crippen molar-refractivity contribution in [3.05, 3.63) is 65.8 Å². The van der Waals surface area contributed by atoms with Crippen LogP contribution in [0.3, 0.4) is 0 Å². The Kier molecular flexibility index (Phi) is 17.7. The number of primary amides is 1. The molecule has 8 N–H and O–H groups in total. The van der Waals surface area contributed by atoms with Crippen molar-refractivity contribution in [1.29, 1.82) is 0 Å². The van der Waals surface area contributed by atoms with Gasteiger partial charge in [-0.15, -0.1) is 0 Å². The van der Waals surface area contributed by atoms with Crippen LogP contribution in [-0.4, -0.2) is 131 Å². The number of carbonyl (C=O) groups is 9. The number of hydrogen-bond donors (Lipinski definition) is 7. The molecule has 1 saturated heterocycles. The lowest BCUT2D eigenvalue weighted by molar-refractivity contribution is -0.234. The van der Waals surface area contributed by atoms with Crippen LogP contribution in [0.5, 0.6) is 0 Å². The number of allylic oxidation sites excluding steroid dienone is 4. The number of alkyl carbamates (subject to hydrolysis) is 1. The Labute approximate surface area is 440 Å². The monoisotopic (exact) mass is 1060 g/mol. The van der Waals surface area contributed by atoms with Crippen LogP contribution in [0.25, 0.3) is 0 Å². The van der Waals surface area contributed by atoms with Gasteiger partial charge in [-0.3, -0.25) is 38.5 Å². The summed E-state index contributed by atoms with van der Waals surface area (Å²) >= 11 is 0. The number of Topliss-reactive ketones (excluding diaryl/α,β-unsaturated/α-hetero) is 1. The number of nitrogens with one attached hydrogen (secondary N) is 5. The van der Waals surface area contributed by atoms with E-state index in [1.54, 1.807) is 45.0 Å². The van der Waals surface area contributed by atoms with Gasteiger partial charge in [0, 0.05) is 60.6 Å². The number of ketones is 2. The Hall–Kier alpha value is -6.39. The predicted octanol–water partition coefficient (Wildman–Crippen LogP) is 4.19. The van der Waals surface area contributed by atoms with Crippen molar-refractivity contribution in [2.45, 2.75) is 160 Å². The molecule has 12 atom stereocenters. The first-order chi connectivity index (χ1) is 36.0. The third-order valence-corrected chi connectivity index (χ3v) is 16.4. The zero-order valence-electron chi connectivity index (χ0n) is 43.6. The number of alkyl halides is 2. The van der Waals surface area contributed by atoms with Gasteiger partial charge in [-0.05, 0) is 106 Å². The van der Waals surface area contributed by atoms with E-state index in [2.05, 4.69) is 26.6 Å². The van der Waals surface area contributed by atoms with E-state index < -0.39 is 119 Å². The van der Waals surface area contributed by atoms with Gasteiger partial charge in [-0.1, -0.05) is 58.7 Å². The quantitative estimate of drug-likeness (QED) is 0.0599. The number of unbranched alkanes of at least 4 members (excludes halogenated alkanes) is 2. The number of aliphatic hydroxyl groups is 1. The number of benzene rings is 1. The molecule has 0 spiro atoms. The number of rotatable bonds is 23.